The molecule has 1 aromatic carbocycles. The molecule has 1 unspecified atom stereocenters. The van der Waals surface area contributed by atoms with Crippen LogP contribution < -0.4 is 14.8 Å². The summed E-state index contributed by atoms with van der Waals surface area (Å²) in [5.74, 6) is 1.70. The highest BCUT2D eigenvalue weighted by Crippen LogP contribution is 2.33. The summed E-state index contributed by atoms with van der Waals surface area (Å²) < 4.78 is 17.1. The molecule has 0 saturated carbocycles. The summed E-state index contributed by atoms with van der Waals surface area (Å²) in [7, 11) is 0. The molecule has 0 bridgehead atoms. The Morgan fingerprint density at radius 2 is 2.00 bits per heavy atom. The molecule has 0 radical (unpaired) electrons. The van der Waals surface area contributed by atoms with Crippen LogP contribution in [0.1, 0.15) is 28.5 Å². The number of benzene rings is 1. The fraction of sp³-hybridized carbons (Fsp3) is 0.444. The Bertz CT molecular complexity index is 670. The molecule has 3 heterocycles. The number of nitrogens with one attached hydrogen (secondary N) is 1. The Morgan fingerprint density at radius 3 is 2.96 bits per heavy atom. The predicted octanol–water partition coefficient (Wildman–Crippen LogP) is 3.31. The zero-order chi connectivity index (χ0) is 15.5. The smallest absolute Gasteiger partial charge is 0.161 e. The first kappa shape index (κ1) is 15.0. The monoisotopic (exact) mass is 331 g/mol. The highest BCUT2D eigenvalue weighted by molar-refractivity contribution is 7.10. The molecule has 0 amide bonds. The van der Waals surface area contributed by atoms with Gasteiger partial charge in [0, 0.05) is 17.8 Å². The molecular weight excluding hydrogens is 310 g/mol. The van der Waals surface area contributed by atoms with Gasteiger partial charge in [-0.15, -0.1) is 11.3 Å². The lowest BCUT2D eigenvalue weighted by atomic mass is 10.0. The standard InChI is InChI=1S/C18H21NO3S/c1-2-16-17(22-9-8-21-16)11-13(1)12-19-6-3-15-14-5-10-23-18(14)4-7-20-15/h1-2,5,10-11,15,19H,3-4,6-9,12H2. The van der Waals surface area contributed by atoms with Crippen LogP contribution in [-0.4, -0.2) is 26.4 Å². The lowest BCUT2D eigenvalue weighted by Crippen LogP contribution is -2.21. The second-order valence-corrected chi connectivity index (χ2v) is 6.85. The van der Waals surface area contributed by atoms with Crippen LogP contribution in [0.3, 0.4) is 0 Å². The van der Waals surface area contributed by atoms with E-state index < -0.39 is 0 Å². The molecule has 23 heavy (non-hydrogen) atoms. The summed E-state index contributed by atoms with van der Waals surface area (Å²) in [5.41, 5.74) is 2.61. The van der Waals surface area contributed by atoms with Crippen molar-refractivity contribution >= 4 is 11.3 Å². The quantitative estimate of drug-likeness (QED) is 0.853. The summed E-state index contributed by atoms with van der Waals surface area (Å²) in [6.45, 7) is 3.89. The van der Waals surface area contributed by atoms with Gasteiger partial charge < -0.3 is 19.5 Å². The first-order chi connectivity index (χ1) is 11.4. The van der Waals surface area contributed by atoms with Gasteiger partial charge in [-0.2, -0.15) is 0 Å². The molecule has 0 aliphatic carbocycles. The molecule has 4 nitrogen and oxygen atoms in total. The van der Waals surface area contributed by atoms with E-state index in [4.69, 9.17) is 14.2 Å². The summed E-state index contributed by atoms with van der Waals surface area (Å²) in [6.07, 6.45) is 2.32. The van der Waals surface area contributed by atoms with Crippen LogP contribution in [0.2, 0.25) is 0 Å². The van der Waals surface area contributed by atoms with Crippen molar-refractivity contribution < 1.29 is 14.2 Å². The van der Waals surface area contributed by atoms with Gasteiger partial charge >= 0.3 is 0 Å². The van der Waals surface area contributed by atoms with Crippen molar-refractivity contribution in [3.63, 3.8) is 0 Å². The van der Waals surface area contributed by atoms with E-state index in [1.54, 1.807) is 0 Å². The van der Waals surface area contributed by atoms with E-state index in [1.165, 1.54) is 16.0 Å². The lowest BCUT2D eigenvalue weighted by molar-refractivity contribution is 0.0380. The van der Waals surface area contributed by atoms with E-state index in [2.05, 4.69) is 28.9 Å². The van der Waals surface area contributed by atoms with Crippen LogP contribution in [0.15, 0.2) is 29.6 Å². The highest BCUT2D eigenvalue weighted by Gasteiger charge is 2.21. The molecule has 1 atom stereocenters. The van der Waals surface area contributed by atoms with Crippen molar-refractivity contribution in [3.8, 4) is 11.5 Å². The molecule has 2 aliphatic rings. The Kier molecular flexibility index (Phi) is 4.50. The number of ether oxygens (including phenoxy) is 3. The third-order valence-electron chi connectivity index (χ3n) is 4.29. The fourth-order valence-electron chi connectivity index (χ4n) is 3.13. The fourth-order valence-corrected chi connectivity index (χ4v) is 4.04. The Morgan fingerprint density at radius 1 is 1.09 bits per heavy atom. The Balaban J connectivity index is 1.28. The maximum absolute atomic E-state index is 5.92. The molecule has 2 aromatic rings. The maximum Gasteiger partial charge on any atom is 0.161 e. The van der Waals surface area contributed by atoms with Gasteiger partial charge in [0.1, 0.15) is 13.2 Å². The van der Waals surface area contributed by atoms with Gasteiger partial charge in [-0.1, -0.05) is 6.07 Å². The molecule has 0 fully saturated rings. The molecule has 0 saturated heterocycles. The number of thiophene rings is 1. The first-order valence-corrected chi connectivity index (χ1v) is 9.05. The van der Waals surface area contributed by atoms with Crippen molar-refractivity contribution in [2.45, 2.75) is 25.5 Å². The van der Waals surface area contributed by atoms with Crippen LogP contribution in [-0.2, 0) is 17.7 Å². The van der Waals surface area contributed by atoms with Crippen molar-refractivity contribution in [2.75, 3.05) is 26.4 Å². The number of hydrogen-bond donors (Lipinski definition) is 1. The van der Waals surface area contributed by atoms with Gasteiger partial charge in [0.25, 0.3) is 0 Å². The molecular formula is C18H21NO3S. The molecule has 1 aromatic heterocycles. The molecule has 4 rings (SSSR count). The zero-order valence-corrected chi connectivity index (χ0v) is 13.9. The molecule has 1 N–H and O–H groups in total. The third kappa shape index (κ3) is 3.37. The summed E-state index contributed by atoms with van der Waals surface area (Å²) in [5, 5.41) is 5.68. The van der Waals surface area contributed by atoms with Gasteiger partial charge in [0.05, 0.1) is 12.7 Å². The normalized spacial score (nSPS) is 19.4. The van der Waals surface area contributed by atoms with Crippen LogP contribution >= 0.6 is 11.3 Å². The second kappa shape index (κ2) is 6.91. The molecule has 5 heteroatoms. The van der Waals surface area contributed by atoms with Crippen molar-refractivity contribution in [1.82, 2.24) is 5.32 Å². The van der Waals surface area contributed by atoms with E-state index in [1.807, 2.05) is 17.4 Å². The number of fused-ring (bicyclic) bond motifs is 2. The number of hydrogen-bond acceptors (Lipinski definition) is 5. The summed E-state index contributed by atoms with van der Waals surface area (Å²) in [6, 6.07) is 8.36. The Hall–Kier alpha value is -1.56. The maximum atomic E-state index is 5.92. The van der Waals surface area contributed by atoms with E-state index in [0.717, 1.165) is 44.0 Å². The van der Waals surface area contributed by atoms with Crippen molar-refractivity contribution in [2.24, 2.45) is 0 Å². The largest absolute Gasteiger partial charge is 0.486 e. The predicted molar refractivity (Wildman–Crippen MR) is 90.5 cm³/mol. The minimum absolute atomic E-state index is 0.248. The average Bonchev–Trinajstić information content (AvgIpc) is 3.08. The second-order valence-electron chi connectivity index (χ2n) is 5.85. The minimum atomic E-state index is 0.248. The SMILES string of the molecule is c1cc2c(s1)CCOC2CCNCc1ccc2c(c1)OCCO2. The Labute approximate surface area is 140 Å². The van der Waals surface area contributed by atoms with Gasteiger partial charge in [0.2, 0.25) is 0 Å². The van der Waals surface area contributed by atoms with Crippen molar-refractivity contribution in [3.05, 3.63) is 45.6 Å². The third-order valence-corrected chi connectivity index (χ3v) is 5.29. The van der Waals surface area contributed by atoms with Crippen LogP contribution in [0, 0.1) is 0 Å². The van der Waals surface area contributed by atoms with Gasteiger partial charge in [0.15, 0.2) is 11.5 Å². The number of rotatable bonds is 5. The van der Waals surface area contributed by atoms with Crippen molar-refractivity contribution in [1.29, 1.82) is 0 Å². The van der Waals surface area contributed by atoms with E-state index >= 15 is 0 Å². The minimum Gasteiger partial charge on any atom is -0.486 e. The van der Waals surface area contributed by atoms with Crippen LogP contribution in [0.5, 0.6) is 11.5 Å². The highest BCUT2D eigenvalue weighted by atomic mass is 32.1. The van der Waals surface area contributed by atoms with E-state index in [9.17, 15) is 0 Å². The zero-order valence-electron chi connectivity index (χ0n) is 13.0. The van der Waals surface area contributed by atoms with Gasteiger partial charge in [-0.25, -0.2) is 0 Å². The molecule has 2 aliphatic heterocycles. The lowest BCUT2D eigenvalue weighted by Gasteiger charge is -2.23. The van der Waals surface area contributed by atoms with Gasteiger partial charge in [-0.05, 0) is 47.7 Å². The summed E-state index contributed by atoms with van der Waals surface area (Å²) >= 11 is 1.85. The van der Waals surface area contributed by atoms with Gasteiger partial charge in [-0.3, -0.25) is 0 Å². The van der Waals surface area contributed by atoms with E-state index in [-0.39, 0.29) is 6.10 Å². The van der Waals surface area contributed by atoms with E-state index in [0.29, 0.717) is 13.2 Å². The molecule has 0 spiro atoms. The summed E-state index contributed by atoms with van der Waals surface area (Å²) in [4.78, 5) is 1.49. The first-order valence-electron chi connectivity index (χ1n) is 8.17. The average molecular weight is 331 g/mol. The molecule has 122 valence electrons. The van der Waals surface area contributed by atoms with Crippen LogP contribution in [0.25, 0.3) is 0 Å². The van der Waals surface area contributed by atoms with Crippen LogP contribution in [0.4, 0.5) is 0 Å². The topological polar surface area (TPSA) is 39.7 Å².